The van der Waals surface area contributed by atoms with Crippen LogP contribution in [0.2, 0.25) is 5.02 Å². The summed E-state index contributed by atoms with van der Waals surface area (Å²) >= 11 is 5.77. The van der Waals surface area contributed by atoms with Gasteiger partial charge in [0, 0.05) is 10.7 Å². The number of halogens is 1. The maximum atomic E-state index is 11.8. The topological polar surface area (TPSA) is 58.6 Å². The molecule has 4 nitrogen and oxygen atoms in total. The van der Waals surface area contributed by atoms with Gasteiger partial charge in [0.1, 0.15) is 5.75 Å². The number of anilines is 1. The molecule has 0 saturated heterocycles. The molecule has 0 heterocycles. The second-order valence-electron chi connectivity index (χ2n) is 4.59. The van der Waals surface area contributed by atoms with Crippen LogP contribution in [0.3, 0.4) is 0 Å². The van der Waals surface area contributed by atoms with Crippen LogP contribution in [0.1, 0.15) is 18.6 Å². The van der Waals surface area contributed by atoms with Gasteiger partial charge in [0.2, 0.25) is 0 Å². The van der Waals surface area contributed by atoms with Crippen molar-refractivity contribution in [2.45, 2.75) is 13.0 Å². The van der Waals surface area contributed by atoms with Gasteiger partial charge >= 0.3 is 0 Å². The molecule has 2 N–H and O–H groups in total. The fraction of sp³-hybridized carbons (Fsp3) is 0.188. The Balaban J connectivity index is 1.89. The molecule has 2 rings (SSSR count). The van der Waals surface area contributed by atoms with E-state index in [4.69, 9.17) is 16.3 Å². The van der Waals surface area contributed by atoms with Crippen LogP contribution in [0.4, 0.5) is 5.69 Å². The van der Waals surface area contributed by atoms with Crippen molar-refractivity contribution in [1.29, 1.82) is 0 Å². The van der Waals surface area contributed by atoms with Gasteiger partial charge in [-0.15, -0.1) is 0 Å². The van der Waals surface area contributed by atoms with Crippen LogP contribution in [0.25, 0.3) is 0 Å². The van der Waals surface area contributed by atoms with Crippen LogP contribution in [-0.4, -0.2) is 17.6 Å². The van der Waals surface area contributed by atoms with E-state index in [1.807, 2.05) is 0 Å². The van der Waals surface area contributed by atoms with Gasteiger partial charge in [0.25, 0.3) is 5.91 Å². The Morgan fingerprint density at radius 1 is 1.29 bits per heavy atom. The molecule has 0 aliphatic rings. The average molecular weight is 306 g/mol. The monoisotopic (exact) mass is 305 g/mol. The summed E-state index contributed by atoms with van der Waals surface area (Å²) in [5.74, 6) is 0.277. The maximum Gasteiger partial charge on any atom is 0.262 e. The second kappa shape index (κ2) is 7.11. The lowest BCUT2D eigenvalue weighted by molar-refractivity contribution is -0.118. The maximum absolute atomic E-state index is 11.8. The van der Waals surface area contributed by atoms with Gasteiger partial charge in [-0.1, -0.05) is 23.7 Å². The van der Waals surface area contributed by atoms with E-state index in [0.717, 1.165) is 5.56 Å². The van der Waals surface area contributed by atoms with Gasteiger partial charge in [0.05, 0.1) is 6.10 Å². The highest BCUT2D eigenvalue weighted by molar-refractivity contribution is 6.30. The first-order valence-electron chi connectivity index (χ1n) is 6.51. The van der Waals surface area contributed by atoms with E-state index in [1.165, 1.54) is 0 Å². The Morgan fingerprint density at radius 3 is 2.67 bits per heavy atom. The summed E-state index contributed by atoms with van der Waals surface area (Å²) in [4.78, 5) is 11.8. The number of benzene rings is 2. The molecule has 0 radical (unpaired) electrons. The molecule has 110 valence electrons. The second-order valence-corrected chi connectivity index (χ2v) is 5.03. The van der Waals surface area contributed by atoms with Crippen molar-refractivity contribution in [2.75, 3.05) is 11.9 Å². The fourth-order valence-electron chi connectivity index (χ4n) is 1.74. The lowest BCUT2D eigenvalue weighted by Crippen LogP contribution is -2.20. The van der Waals surface area contributed by atoms with Gasteiger partial charge in [-0.25, -0.2) is 0 Å². The smallest absolute Gasteiger partial charge is 0.262 e. The Bertz CT molecular complexity index is 611. The third-order valence-corrected chi connectivity index (χ3v) is 3.09. The predicted octanol–water partition coefficient (Wildman–Crippen LogP) is 3.41. The fourth-order valence-corrected chi connectivity index (χ4v) is 1.87. The molecule has 0 fully saturated rings. The van der Waals surface area contributed by atoms with E-state index in [1.54, 1.807) is 55.5 Å². The zero-order chi connectivity index (χ0) is 15.2. The summed E-state index contributed by atoms with van der Waals surface area (Å²) in [6.07, 6.45) is -0.573. The van der Waals surface area contributed by atoms with E-state index in [2.05, 4.69) is 5.32 Å². The van der Waals surface area contributed by atoms with Gasteiger partial charge in [0.15, 0.2) is 6.61 Å². The molecular weight excluding hydrogens is 290 g/mol. The zero-order valence-corrected chi connectivity index (χ0v) is 12.3. The van der Waals surface area contributed by atoms with Crippen molar-refractivity contribution < 1.29 is 14.6 Å². The number of ether oxygens (including phenoxy) is 1. The highest BCUT2D eigenvalue weighted by Gasteiger charge is 2.06. The van der Waals surface area contributed by atoms with Crippen molar-refractivity contribution in [2.24, 2.45) is 0 Å². The summed E-state index contributed by atoms with van der Waals surface area (Å²) in [5.41, 5.74) is 1.40. The van der Waals surface area contributed by atoms with E-state index < -0.39 is 6.10 Å². The van der Waals surface area contributed by atoms with E-state index >= 15 is 0 Å². The molecule has 0 unspecified atom stereocenters. The molecule has 0 aliphatic heterocycles. The minimum absolute atomic E-state index is 0.105. The van der Waals surface area contributed by atoms with E-state index in [9.17, 15) is 9.90 Å². The lowest BCUT2D eigenvalue weighted by atomic mass is 10.1. The Hall–Kier alpha value is -2.04. The molecule has 1 atom stereocenters. The highest BCUT2D eigenvalue weighted by atomic mass is 35.5. The van der Waals surface area contributed by atoms with Crippen molar-refractivity contribution in [3.63, 3.8) is 0 Å². The van der Waals surface area contributed by atoms with Crippen LogP contribution in [-0.2, 0) is 4.79 Å². The van der Waals surface area contributed by atoms with Crippen LogP contribution < -0.4 is 10.1 Å². The largest absolute Gasteiger partial charge is 0.484 e. The summed E-state index contributed by atoms with van der Waals surface area (Å²) in [6.45, 7) is 1.57. The van der Waals surface area contributed by atoms with Crippen LogP contribution in [0, 0.1) is 0 Å². The Morgan fingerprint density at radius 2 is 2.00 bits per heavy atom. The van der Waals surface area contributed by atoms with Crippen molar-refractivity contribution >= 4 is 23.2 Å². The SMILES string of the molecule is C[C@@H](O)c1cccc(OCC(=O)Nc2ccc(Cl)cc2)c1. The Labute approximate surface area is 128 Å². The van der Waals surface area contributed by atoms with Crippen LogP contribution in [0.15, 0.2) is 48.5 Å². The molecule has 2 aromatic rings. The molecule has 21 heavy (non-hydrogen) atoms. The zero-order valence-electron chi connectivity index (χ0n) is 11.5. The van der Waals surface area contributed by atoms with Crippen molar-refractivity contribution in [1.82, 2.24) is 0 Å². The molecule has 0 aliphatic carbocycles. The van der Waals surface area contributed by atoms with Gasteiger partial charge < -0.3 is 15.2 Å². The Kier molecular flexibility index (Phi) is 5.20. The van der Waals surface area contributed by atoms with Crippen LogP contribution >= 0.6 is 11.6 Å². The minimum Gasteiger partial charge on any atom is -0.484 e. The molecule has 2 aromatic carbocycles. The molecule has 1 amide bonds. The van der Waals surface area contributed by atoms with Crippen molar-refractivity contribution in [3.8, 4) is 5.75 Å². The number of aliphatic hydroxyl groups is 1. The highest BCUT2D eigenvalue weighted by Crippen LogP contribution is 2.19. The molecule has 5 heteroatoms. The first-order chi connectivity index (χ1) is 10.0. The first kappa shape index (κ1) is 15.4. The summed E-state index contributed by atoms with van der Waals surface area (Å²) in [6, 6.07) is 13.8. The van der Waals surface area contributed by atoms with Gasteiger partial charge in [-0.05, 0) is 48.9 Å². The summed E-state index contributed by atoms with van der Waals surface area (Å²) < 4.78 is 5.41. The number of hydrogen-bond acceptors (Lipinski definition) is 3. The standard InChI is InChI=1S/C16H16ClNO3/c1-11(19)12-3-2-4-15(9-12)21-10-16(20)18-14-7-5-13(17)6-8-14/h2-9,11,19H,10H2,1H3,(H,18,20)/t11-/m1/s1. The predicted molar refractivity (Wildman–Crippen MR) is 82.7 cm³/mol. The number of carbonyl (C=O) groups is 1. The number of hydrogen-bond donors (Lipinski definition) is 2. The molecule has 0 saturated carbocycles. The molecule has 0 aromatic heterocycles. The van der Waals surface area contributed by atoms with Crippen LogP contribution in [0.5, 0.6) is 5.75 Å². The number of carbonyl (C=O) groups excluding carboxylic acids is 1. The summed E-state index contributed by atoms with van der Waals surface area (Å²) in [7, 11) is 0. The van der Waals surface area contributed by atoms with E-state index in [0.29, 0.717) is 16.5 Å². The summed E-state index contributed by atoms with van der Waals surface area (Å²) in [5, 5.41) is 12.8. The number of nitrogens with one attached hydrogen (secondary N) is 1. The normalized spacial score (nSPS) is 11.8. The number of amides is 1. The first-order valence-corrected chi connectivity index (χ1v) is 6.88. The third kappa shape index (κ3) is 4.77. The van der Waals surface area contributed by atoms with Gasteiger partial charge in [-0.3, -0.25) is 4.79 Å². The minimum atomic E-state index is -0.573. The molecule has 0 bridgehead atoms. The number of aliphatic hydroxyl groups excluding tert-OH is 1. The molecule has 0 spiro atoms. The quantitative estimate of drug-likeness (QED) is 0.890. The van der Waals surface area contributed by atoms with E-state index in [-0.39, 0.29) is 12.5 Å². The van der Waals surface area contributed by atoms with Crippen molar-refractivity contribution in [3.05, 3.63) is 59.1 Å². The third-order valence-electron chi connectivity index (χ3n) is 2.84. The van der Waals surface area contributed by atoms with Gasteiger partial charge in [-0.2, -0.15) is 0 Å². The lowest BCUT2D eigenvalue weighted by Gasteiger charge is -2.10. The number of rotatable bonds is 5. The molecular formula is C16H16ClNO3. The average Bonchev–Trinajstić information content (AvgIpc) is 2.48.